The molecule has 0 aromatic heterocycles. The number of hydrogen-bond donors (Lipinski definition) is 1. The van der Waals surface area contributed by atoms with E-state index in [1.165, 1.54) is 5.56 Å². The highest BCUT2D eigenvalue weighted by Crippen LogP contribution is 2.09. The molecule has 5 heteroatoms. The fourth-order valence-electron chi connectivity index (χ4n) is 2.15. The molecular weight excluding hydrogens is 282 g/mol. The molecule has 1 fully saturated rings. The molecule has 4 nitrogen and oxygen atoms in total. The van der Waals surface area contributed by atoms with Gasteiger partial charge in [-0.05, 0) is 11.5 Å². The molecule has 1 aliphatic heterocycles. The number of nitrogens with zero attached hydrogens (tertiary/aromatic N) is 2. The van der Waals surface area contributed by atoms with Crippen LogP contribution < -0.4 is 5.73 Å². The summed E-state index contributed by atoms with van der Waals surface area (Å²) < 4.78 is 5.73. The molecule has 116 valence electrons. The van der Waals surface area contributed by atoms with Crippen molar-refractivity contribution in [2.75, 3.05) is 37.7 Å². The normalized spacial score (nSPS) is 17.8. The molecule has 0 amide bonds. The van der Waals surface area contributed by atoms with E-state index in [1.807, 2.05) is 30.0 Å². The zero-order chi connectivity index (χ0) is 14.9. The third-order valence-corrected chi connectivity index (χ3v) is 4.36. The predicted molar refractivity (Wildman–Crippen MR) is 90.6 cm³/mol. The molecule has 0 saturated carbocycles. The first-order chi connectivity index (χ1) is 10.3. The summed E-state index contributed by atoms with van der Waals surface area (Å²) in [5.41, 5.74) is 7.25. The lowest BCUT2D eigenvalue weighted by molar-refractivity contribution is 0.0944. The summed E-state index contributed by atoms with van der Waals surface area (Å²) in [5.74, 6) is 3.36. The third-order valence-electron chi connectivity index (χ3n) is 3.41. The van der Waals surface area contributed by atoms with Crippen LogP contribution in [0.1, 0.15) is 12.5 Å². The van der Waals surface area contributed by atoms with Crippen molar-refractivity contribution in [3.63, 3.8) is 0 Å². The van der Waals surface area contributed by atoms with Crippen molar-refractivity contribution in [2.24, 2.45) is 16.6 Å². The van der Waals surface area contributed by atoms with Gasteiger partial charge in [-0.2, -0.15) is 11.8 Å². The summed E-state index contributed by atoms with van der Waals surface area (Å²) in [6, 6.07) is 10.2. The minimum absolute atomic E-state index is 0.381. The van der Waals surface area contributed by atoms with Crippen molar-refractivity contribution in [1.29, 1.82) is 0 Å². The Morgan fingerprint density at radius 3 is 2.76 bits per heavy atom. The van der Waals surface area contributed by atoms with E-state index in [1.54, 1.807) is 0 Å². The minimum Gasteiger partial charge on any atom is -0.376 e. The maximum absolute atomic E-state index is 6.04. The number of guanidine groups is 1. The largest absolute Gasteiger partial charge is 0.376 e. The average molecular weight is 307 g/mol. The van der Waals surface area contributed by atoms with Gasteiger partial charge in [-0.3, -0.25) is 4.99 Å². The van der Waals surface area contributed by atoms with E-state index in [2.05, 4.69) is 28.9 Å². The van der Waals surface area contributed by atoms with Gasteiger partial charge in [-0.25, -0.2) is 0 Å². The Kier molecular flexibility index (Phi) is 6.89. The number of aliphatic imine (C=N–C) groups is 1. The van der Waals surface area contributed by atoms with Gasteiger partial charge < -0.3 is 15.4 Å². The van der Waals surface area contributed by atoms with Gasteiger partial charge in [0.1, 0.15) is 0 Å². The van der Waals surface area contributed by atoms with Crippen LogP contribution in [0.2, 0.25) is 0 Å². The molecule has 0 aliphatic carbocycles. The van der Waals surface area contributed by atoms with Crippen molar-refractivity contribution < 1.29 is 4.74 Å². The summed E-state index contributed by atoms with van der Waals surface area (Å²) in [7, 11) is 0. The highest BCUT2D eigenvalue weighted by atomic mass is 32.2. The van der Waals surface area contributed by atoms with Crippen LogP contribution in [-0.4, -0.2) is 48.6 Å². The zero-order valence-electron chi connectivity index (χ0n) is 12.7. The number of rotatable bonds is 6. The van der Waals surface area contributed by atoms with E-state index in [0.29, 0.717) is 25.1 Å². The second-order valence-electron chi connectivity index (χ2n) is 5.40. The first-order valence-electron chi connectivity index (χ1n) is 7.50. The molecule has 1 unspecified atom stereocenters. The molecule has 2 N–H and O–H groups in total. The first-order valence-corrected chi connectivity index (χ1v) is 8.65. The Morgan fingerprint density at radius 2 is 2.05 bits per heavy atom. The van der Waals surface area contributed by atoms with Crippen LogP contribution in [0.25, 0.3) is 0 Å². The van der Waals surface area contributed by atoms with Crippen LogP contribution in [0.4, 0.5) is 0 Å². The van der Waals surface area contributed by atoms with E-state index in [9.17, 15) is 0 Å². The summed E-state index contributed by atoms with van der Waals surface area (Å²) in [6.07, 6.45) is 0. The van der Waals surface area contributed by atoms with Crippen molar-refractivity contribution in [3.8, 4) is 0 Å². The van der Waals surface area contributed by atoms with Crippen LogP contribution in [0.5, 0.6) is 0 Å². The Balaban J connectivity index is 1.65. The molecule has 0 bridgehead atoms. The molecule has 1 saturated heterocycles. The molecular formula is C16H25N3OS. The van der Waals surface area contributed by atoms with Crippen LogP contribution in [0.15, 0.2) is 35.3 Å². The lowest BCUT2D eigenvalue weighted by atomic mass is 10.2. The number of thioether (sulfide) groups is 1. The SMILES string of the molecule is CC(CN=C(N)N1CCSCC1)COCc1ccccc1. The summed E-state index contributed by atoms with van der Waals surface area (Å²) >= 11 is 1.98. The Hall–Kier alpha value is -1.20. The summed E-state index contributed by atoms with van der Waals surface area (Å²) in [6.45, 7) is 6.27. The molecule has 1 aliphatic rings. The number of ether oxygens (including phenoxy) is 1. The predicted octanol–water partition coefficient (Wildman–Crippen LogP) is 2.20. The highest BCUT2D eigenvalue weighted by molar-refractivity contribution is 7.99. The van der Waals surface area contributed by atoms with Gasteiger partial charge >= 0.3 is 0 Å². The Labute approximate surface area is 131 Å². The molecule has 0 radical (unpaired) electrons. The topological polar surface area (TPSA) is 50.8 Å². The monoisotopic (exact) mass is 307 g/mol. The second kappa shape index (κ2) is 8.95. The fourth-order valence-corrected chi connectivity index (χ4v) is 3.05. The van der Waals surface area contributed by atoms with E-state index in [4.69, 9.17) is 10.5 Å². The van der Waals surface area contributed by atoms with E-state index < -0.39 is 0 Å². The number of hydrogen-bond acceptors (Lipinski definition) is 3. The molecule has 1 atom stereocenters. The van der Waals surface area contributed by atoms with Crippen molar-refractivity contribution in [2.45, 2.75) is 13.5 Å². The van der Waals surface area contributed by atoms with Crippen molar-refractivity contribution >= 4 is 17.7 Å². The smallest absolute Gasteiger partial charge is 0.191 e. The average Bonchev–Trinajstić information content (AvgIpc) is 2.54. The van der Waals surface area contributed by atoms with Crippen molar-refractivity contribution in [1.82, 2.24) is 4.90 Å². The molecule has 1 heterocycles. The molecule has 2 rings (SSSR count). The van der Waals surface area contributed by atoms with Gasteiger partial charge in [0.25, 0.3) is 0 Å². The quantitative estimate of drug-likeness (QED) is 0.646. The first kappa shape index (κ1) is 16.2. The third kappa shape index (κ3) is 5.98. The Bertz CT molecular complexity index is 432. The second-order valence-corrected chi connectivity index (χ2v) is 6.63. The summed E-state index contributed by atoms with van der Waals surface area (Å²) in [5, 5.41) is 0. The highest BCUT2D eigenvalue weighted by Gasteiger charge is 2.12. The maximum atomic E-state index is 6.04. The molecule has 0 spiro atoms. The zero-order valence-corrected chi connectivity index (χ0v) is 13.5. The molecule has 1 aromatic rings. The Morgan fingerprint density at radius 1 is 1.33 bits per heavy atom. The van der Waals surface area contributed by atoms with Crippen molar-refractivity contribution in [3.05, 3.63) is 35.9 Å². The minimum atomic E-state index is 0.381. The van der Waals surface area contributed by atoms with E-state index >= 15 is 0 Å². The van der Waals surface area contributed by atoms with Gasteiger partial charge in [-0.1, -0.05) is 37.3 Å². The van der Waals surface area contributed by atoms with Crippen LogP contribution in [0, 0.1) is 5.92 Å². The molecule has 21 heavy (non-hydrogen) atoms. The summed E-state index contributed by atoms with van der Waals surface area (Å²) in [4.78, 5) is 6.68. The van der Waals surface area contributed by atoms with Crippen LogP contribution in [0.3, 0.4) is 0 Å². The number of benzene rings is 1. The van der Waals surface area contributed by atoms with Gasteiger partial charge in [0, 0.05) is 31.1 Å². The lowest BCUT2D eigenvalue weighted by Gasteiger charge is -2.27. The van der Waals surface area contributed by atoms with Gasteiger partial charge in [-0.15, -0.1) is 0 Å². The van der Waals surface area contributed by atoms with Crippen LogP contribution in [-0.2, 0) is 11.3 Å². The van der Waals surface area contributed by atoms with Gasteiger partial charge in [0.15, 0.2) is 5.96 Å². The van der Waals surface area contributed by atoms with E-state index in [-0.39, 0.29) is 0 Å². The fraction of sp³-hybridized carbons (Fsp3) is 0.562. The molecule has 1 aromatic carbocycles. The van der Waals surface area contributed by atoms with Crippen LogP contribution >= 0.6 is 11.8 Å². The standard InChI is InChI=1S/C16H25N3OS/c1-14(12-20-13-15-5-3-2-4-6-15)11-18-16(17)19-7-9-21-10-8-19/h2-6,14H,7-13H2,1H3,(H2,17,18). The van der Waals surface area contributed by atoms with Gasteiger partial charge in [0.2, 0.25) is 0 Å². The maximum Gasteiger partial charge on any atom is 0.191 e. The van der Waals surface area contributed by atoms with Gasteiger partial charge in [0.05, 0.1) is 13.2 Å². The van der Waals surface area contributed by atoms with E-state index in [0.717, 1.165) is 31.1 Å². The number of nitrogens with two attached hydrogens (primary N) is 1. The lowest BCUT2D eigenvalue weighted by Crippen LogP contribution is -2.42.